The zero-order valence-corrected chi connectivity index (χ0v) is 13.3. The first-order chi connectivity index (χ1) is 10.9. The molecule has 120 valence electrons. The summed E-state index contributed by atoms with van der Waals surface area (Å²) in [5, 5.41) is 12.6. The van der Waals surface area contributed by atoms with Gasteiger partial charge in [-0.1, -0.05) is 6.07 Å². The Balaban J connectivity index is 2.18. The van der Waals surface area contributed by atoms with Crippen molar-refractivity contribution in [2.75, 3.05) is 25.6 Å². The number of nitrogens with zero attached hydrogens (tertiary/aromatic N) is 2. The predicted molar refractivity (Wildman–Crippen MR) is 86.4 cm³/mol. The third kappa shape index (κ3) is 3.92. The zero-order chi connectivity index (χ0) is 17.0. The molecule has 0 radical (unpaired) electrons. The van der Waals surface area contributed by atoms with Crippen molar-refractivity contribution >= 4 is 34.5 Å². The van der Waals surface area contributed by atoms with E-state index in [4.69, 9.17) is 4.74 Å². The molecule has 0 aliphatic carbocycles. The molecule has 8 heteroatoms. The molecule has 0 aliphatic rings. The number of nitro groups is 1. The number of carbonyl (C=O) groups is 2. The number of ether oxygens (including phenoxy) is 1. The van der Waals surface area contributed by atoms with Crippen LogP contribution in [0.5, 0.6) is 0 Å². The van der Waals surface area contributed by atoms with Crippen LogP contribution in [0.1, 0.15) is 20.0 Å². The minimum atomic E-state index is -0.776. The molecule has 0 fully saturated rings. The molecule has 2 rings (SSSR count). The van der Waals surface area contributed by atoms with Gasteiger partial charge in [0.05, 0.1) is 21.1 Å². The van der Waals surface area contributed by atoms with E-state index in [-0.39, 0.29) is 17.0 Å². The molecule has 0 saturated carbocycles. The van der Waals surface area contributed by atoms with Gasteiger partial charge in [-0.2, -0.15) is 0 Å². The number of thiophene rings is 1. The maximum Gasteiger partial charge on any atom is 0.340 e. The molecule has 0 unspecified atom stereocenters. The molecule has 7 nitrogen and oxygen atoms in total. The van der Waals surface area contributed by atoms with Crippen molar-refractivity contribution in [2.24, 2.45) is 0 Å². The minimum Gasteiger partial charge on any atom is -0.454 e. The molecule has 1 aromatic carbocycles. The molecule has 0 spiro atoms. The molecule has 23 heavy (non-hydrogen) atoms. The maximum absolute atomic E-state index is 12.2. The molecule has 1 aromatic heterocycles. The van der Waals surface area contributed by atoms with Crippen LogP contribution in [0.3, 0.4) is 0 Å². The highest BCUT2D eigenvalue weighted by atomic mass is 32.1. The van der Waals surface area contributed by atoms with E-state index in [0.717, 1.165) is 6.07 Å². The van der Waals surface area contributed by atoms with E-state index in [1.807, 2.05) is 0 Å². The number of esters is 1. The van der Waals surface area contributed by atoms with Gasteiger partial charge in [-0.15, -0.1) is 11.3 Å². The second-order valence-electron chi connectivity index (χ2n) is 4.83. The molecular weight excluding hydrogens is 320 g/mol. The normalized spacial score (nSPS) is 10.2. The largest absolute Gasteiger partial charge is 0.454 e. The van der Waals surface area contributed by atoms with Crippen molar-refractivity contribution in [3.63, 3.8) is 0 Å². The van der Waals surface area contributed by atoms with Crippen molar-refractivity contribution in [1.82, 2.24) is 0 Å². The first-order valence-corrected chi connectivity index (χ1v) is 7.47. The summed E-state index contributed by atoms with van der Waals surface area (Å²) in [6, 6.07) is 7.29. The Hall–Kier alpha value is -2.74. The highest BCUT2D eigenvalue weighted by Crippen LogP contribution is 2.25. The second kappa shape index (κ2) is 7.01. The second-order valence-corrected chi connectivity index (χ2v) is 5.78. The summed E-state index contributed by atoms with van der Waals surface area (Å²) in [4.78, 5) is 36.5. The number of non-ortho nitro benzene ring substituents is 1. The Kier molecular flexibility index (Phi) is 5.07. The van der Waals surface area contributed by atoms with E-state index in [2.05, 4.69) is 0 Å². The number of nitro benzene ring substituents is 1. The Morgan fingerprint density at radius 3 is 2.61 bits per heavy atom. The van der Waals surface area contributed by atoms with Gasteiger partial charge >= 0.3 is 5.97 Å². The molecule has 2 aromatic rings. The van der Waals surface area contributed by atoms with Crippen LogP contribution < -0.4 is 4.90 Å². The maximum atomic E-state index is 12.2. The van der Waals surface area contributed by atoms with Crippen LogP contribution in [0, 0.1) is 10.1 Å². The Morgan fingerprint density at radius 2 is 2.04 bits per heavy atom. The Morgan fingerprint density at radius 1 is 1.30 bits per heavy atom. The number of ketones is 1. The van der Waals surface area contributed by atoms with Crippen LogP contribution in [0.2, 0.25) is 0 Å². The third-order valence-corrected chi connectivity index (χ3v) is 3.93. The van der Waals surface area contributed by atoms with E-state index >= 15 is 0 Å². The molecule has 0 N–H and O–H groups in total. The lowest BCUT2D eigenvalue weighted by Crippen LogP contribution is -2.18. The fraction of sp³-hybridized carbons (Fsp3) is 0.200. The Labute approximate surface area is 136 Å². The van der Waals surface area contributed by atoms with E-state index in [0.29, 0.717) is 10.6 Å². The summed E-state index contributed by atoms with van der Waals surface area (Å²) in [5.74, 6) is -1.09. The average molecular weight is 334 g/mol. The third-order valence-electron chi connectivity index (χ3n) is 3.02. The molecule has 1 heterocycles. The van der Waals surface area contributed by atoms with Crippen LogP contribution in [0.25, 0.3) is 0 Å². The predicted octanol–water partition coefficient (Wildman–Crippen LogP) is 2.76. The first-order valence-electron chi connectivity index (χ1n) is 6.59. The Bertz CT molecular complexity index is 740. The van der Waals surface area contributed by atoms with Crippen LogP contribution >= 0.6 is 11.3 Å². The van der Waals surface area contributed by atoms with Gasteiger partial charge in [-0.05, 0) is 17.5 Å². The fourth-order valence-corrected chi connectivity index (χ4v) is 2.56. The molecule has 0 aliphatic heterocycles. The standard InChI is InChI=1S/C15H14N2O5S/c1-16(2)12-6-5-10(17(20)21)8-11(12)15(19)22-9-13(18)14-4-3-7-23-14/h3-8H,9H2,1-2H3. The van der Waals surface area contributed by atoms with Gasteiger partial charge in [0.15, 0.2) is 6.61 Å². The quantitative estimate of drug-likeness (QED) is 0.349. The first kappa shape index (κ1) is 16.6. The molecule has 0 amide bonds. The van der Waals surface area contributed by atoms with Gasteiger partial charge in [0, 0.05) is 26.2 Å². The summed E-state index contributed by atoms with van der Waals surface area (Å²) in [6.45, 7) is -0.408. The van der Waals surface area contributed by atoms with Crippen LogP contribution in [0.4, 0.5) is 11.4 Å². The smallest absolute Gasteiger partial charge is 0.340 e. The number of hydrogen-bond donors (Lipinski definition) is 0. The number of hydrogen-bond acceptors (Lipinski definition) is 7. The average Bonchev–Trinajstić information content (AvgIpc) is 3.05. The highest BCUT2D eigenvalue weighted by molar-refractivity contribution is 7.12. The summed E-state index contributed by atoms with van der Waals surface area (Å²) in [7, 11) is 3.41. The van der Waals surface area contributed by atoms with Gasteiger partial charge < -0.3 is 9.64 Å². The van der Waals surface area contributed by atoms with E-state index in [1.165, 1.54) is 23.5 Å². The highest BCUT2D eigenvalue weighted by Gasteiger charge is 2.20. The lowest BCUT2D eigenvalue weighted by molar-refractivity contribution is -0.384. The molecule has 0 atom stereocenters. The van der Waals surface area contributed by atoms with Crippen LogP contribution in [-0.4, -0.2) is 37.4 Å². The molecular formula is C15H14N2O5S. The van der Waals surface area contributed by atoms with Crippen LogP contribution in [0.15, 0.2) is 35.7 Å². The van der Waals surface area contributed by atoms with Crippen molar-refractivity contribution in [2.45, 2.75) is 0 Å². The van der Waals surface area contributed by atoms with Crippen molar-refractivity contribution in [3.05, 3.63) is 56.3 Å². The summed E-state index contributed by atoms with van der Waals surface area (Å²) in [6.07, 6.45) is 0. The van der Waals surface area contributed by atoms with Crippen molar-refractivity contribution in [3.8, 4) is 0 Å². The zero-order valence-electron chi connectivity index (χ0n) is 12.5. The SMILES string of the molecule is CN(C)c1ccc([N+](=O)[O-])cc1C(=O)OCC(=O)c1cccs1. The summed E-state index contributed by atoms with van der Waals surface area (Å²) >= 11 is 1.25. The monoisotopic (exact) mass is 334 g/mol. The summed E-state index contributed by atoms with van der Waals surface area (Å²) in [5.41, 5.74) is 0.305. The number of Topliss-reactive ketones (excluding diaryl/α,β-unsaturated/α-hetero) is 1. The van der Waals surface area contributed by atoms with Gasteiger partial charge in [-0.3, -0.25) is 14.9 Å². The minimum absolute atomic E-state index is 0.0446. The van der Waals surface area contributed by atoms with E-state index in [1.54, 1.807) is 36.5 Å². The van der Waals surface area contributed by atoms with Gasteiger partial charge in [-0.25, -0.2) is 4.79 Å². The van der Waals surface area contributed by atoms with Crippen molar-refractivity contribution < 1.29 is 19.2 Å². The number of carbonyl (C=O) groups excluding carboxylic acids is 2. The van der Waals surface area contributed by atoms with E-state index < -0.39 is 17.5 Å². The van der Waals surface area contributed by atoms with Crippen LogP contribution in [-0.2, 0) is 4.74 Å². The fourth-order valence-electron chi connectivity index (χ4n) is 1.91. The molecule has 0 saturated heterocycles. The lowest BCUT2D eigenvalue weighted by atomic mass is 10.1. The van der Waals surface area contributed by atoms with Gasteiger partial charge in [0.2, 0.25) is 5.78 Å². The number of benzene rings is 1. The summed E-state index contributed by atoms with van der Waals surface area (Å²) < 4.78 is 5.01. The van der Waals surface area contributed by atoms with Gasteiger partial charge in [0.1, 0.15) is 0 Å². The lowest BCUT2D eigenvalue weighted by Gasteiger charge is -2.16. The molecule has 0 bridgehead atoms. The van der Waals surface area contributed by atoms with E-state index in [9.17, 15) is 19.7 Å². The topological polar surface area (TPSA) is 89.8 Å². The van der Waals surface area contributed by atoms with Gasteiger partial charge in [0.25, 0.3) is 5.69 Å². The number of anilines is 1. The number of rotatable bonds is 6. The van der Waals surface area contributed by atoms with Crippen molar-refractivity contribution in [1.29, 1.82) is 0 Å².